The minimum Gasteiger partial charge on any atom is -0.481 e. The molecule has 4 heteroatoms. The Kier molecular flexibility index (Phi) is 4.84. The molecule has 2 aromatic rings. The van der Waals surface area contributed by atoms with E-state index in [2.05, 4.69) is 26.1 Å². The first kappa shape index (κ1) is 16.7. The van der Waals surface area contributed by atoms with E-state index in [1.54, 1.807) is 36.4 Å². The summed E-state index contributed by atoms with van der Waals surface area (Å²) in [6.07, 6.45) is -0.0655. The minimum atomic E-state index is -0.897. The zero-order valence-corrected chi connectivity index (χ0v) is 13.6. The van der Waals surface area contributed by atoms with Crippen molar-refractivity contribution in [1.29, 1.82) is 0 Å². The second-order valence-corrected chi connectivity index (χ2v) is 6.55. The molecule has 0 aromatic heterocycles. The van der Waals surface area contributed by atoms with E-state index in [-0.39, 0.29) is 17.7 Å². The summed E-state index contributed by atoms with van der Waals surface area (Å²) in [7, 11) is 0. The smallest absolute Gasteiger partial charge is 0.307 e. The van der Waals surface area contributed by atoms with E-state index in [4.69, 9.17) is 5.11 Å². The summed E-state index contributed by atoms with van der Waals surface area (Å²) in [5.41, 5.74) is 3.02. The summed E-state index contributed by atoms with van der Waals surface area (Å²) < 4.78 is 0. The molecule has 0 saturated heterocycles. The van der Waals surface area contributed by atoms with Crippen molar-refractivity contribution < 1.29 is 14.7 Å². The van der Waals surface area contributed by atoms with Gasteiger partial charge in [-0.3, -0.25) is 9.59 Å². The molecule has 0 radical (unpaired) electrons. The van der Waals surface area contributed by atoms with Gasteiger partial charge in [0.2, 0.25) is 0 Å². The monoisotopic (exact) mass is 311 g/mol. The molecule has 0 bridgehead atoms. The van der Waals surface area contributed by atoms with Crippen molar-refractivity contribution in [2.45, 2.75) is 32.6 Å². The summed E-state index contributed by atoms with van der Waals surface area (Å²) in [5.74, 6) is -1.11. The molecular weight excluding hydrogens is 290 g/mol. The van der Waals surface area contributed by atoms with Crippen LogP contribution in [0.15, 0.2) is 48.5 Å². The number of rotatable bonds is 4. The van der Waals surface area contributed by atoms with Gasteiger partial charge in [0.15, 0.2) is 0 Å². The van der Waals surface area contributed by atoms with Crippen molar-refractivity contribution in [3.05, 3.63) is 65.2 Å². The van der Waals surface area contributed by atoms with Crippen LogP contribution in [0.1, 0.15) is 42.3 Å². The van der Waals surface area contributed by atoms with Gasteiger partial charge < -0.3 is 10.4 Å². The highest BCUT2D eigenvalue weighted by molar-refractivity contribution is 6.04. The number of anilines is 1. The Morgan fingerprint density at radius 1 is 1.04 bits per heavy atom. The van der Waals surface area contributed by atoms with Crippen LogP contribution in [0.2, 0.25) is 0 Å². The molecule has 23 heavy (non-hydrogen) atoms. The minimum absolute atomic E-state index is 0.0418. The van der Waals surface area contributed by atoms with Gasteiger partial charge in [-0.25, -0.2) is 0 Å². The molecule has 0 unspecified atom stereocenters. The van der Waals surface area contributed by atoms with Crippen molar-refractivity contribution in [2.24, 2.45) is 0 Å². The Bertz CT molecular complexity index is 712. The number of carbonyl (C=O) groups is 2. The fourth-order valence-corrected chi connectivity index (χ4v) is 2.26. The van der Waals surface area contributed by atoms with Gasteiger partial charge in [-0.1, -0.05) is 45.0 Å². The van der Waals surface area contributed by atoms with Crippen molar-refractivity contribution in [3.63, 3.8) is 0 Å². The number of carbonyl (C=O) groups excluding carboxylic acids is 1. The third kappa shape index (κ3) is 4.68. The number of benzene rings is 2. The number of carboxylic acid groups (broad SMARTS) is 1. The molecule has 2 aromatic carbocycles. The van der Waals surface area contributed by atoms with Crippen molar-refractivity contribution >= 4 is 17.6 Å². The maximum atomic E-state index is 12.3. The molecule has 0 spiro atoms. The Morgan fingerprint density at radius 2 is 1.70 bits per heavy atom. The Balaban J connectivity index is 2.11. The first-order valence-corrected chi connectivity index (χ1v) is 7.48. The second kappa shape index (κ2) is 6.65. The van der Waals surface area contributed by atoms with E-state index in [9.17, 15) is 9.59 Å². The van der Waals surface area contributed by atoms with Gasteiger partial charge >= 0.3 is 5.97 Å². The molecule has 1 amide bonds. The highest BCUT2D eigenvalue weighted by Gasteiger charge is 2.14. The molecule has 0 aliphatic heterocycles. The quantitative estimate of drug-likeness (QED) is 0.901. The van der Waals surface area contributed by atoms with Gasteiger partial charge in [-0.05, 0) is 40.8 Å². The number of nitrogens with one attached hydrogen (secondary N) is 1. The normalized spacial score (nSPS) is 11.1. The standard InChI is InChI=1S/C19H21NO3/c1-19(2,3)15-9-7-14(8-10-15)18(23)20-16-6-4-5-13(11-16)12-17(21)22/h4-11H,12H2,1-3H3,(H,20,23)(H,21,22). The predicted octanol–water partition coefficient (Wildman–Crippen LogP) is 3.86. The molecule has 4 nitrogen and oxygen atoms in total. The molecule has 0 aliphatic carbocycles. The molecule has 0 saturated carbocycles. The first-order chi connectivity index (χ1) is 10.8. The van der Waals surface area contributed by atoms with Crippen molar-refractivity contribution in [3.8, 4) is 0 Å². The summed E-state index contributed by atoms with van der Waals surface area (Å²) in [4.78, 5) is 23.0. The van der Waals surface area contributed by atoms with Crippen LogP contribution in [0.4, 0.5) is 5.69 Å². The van der Waals surface area contributed by atoms with E-state index in [1.165, 1.54) is 0 Å². The topological polar surface area (TPSA) is 66.4 Å². The fourth-order valence-electron chi connectivity index (χ4n) is 2.26. The SMILES string of the molecule is CC(C)(C)c1ccc(C(=O)Nc2cccc(CC(=O)O)c2)cc1. The predicted molar refractivity (Wildman–Crippen MR) is 90.9 cm³/mol. The fraction of sp³-hybridized carbons (Fsp3) is 0.263. The van der Waals surface area contributed by atoms with Crippen molar-refractivity contribution in [1.82, 2.24) is 0 Å². The lowest BCUT2D eigenvalue weighted by Crippen LogP contribution is -2.14. The van der Waals surface area contributed by atoms with Crippen LogP contribution in [-0.2, 0) is 16.6 Å². The van der Waals surface area contributed by atoms with Crippen LogP contribution in [-0.4, -0.2) is 17.0 Å². The van der Waals surface area contributed by atoms with Gasteiger partial charge in [-0.2, -0.15) is 0 Å². The lowest BCUT2D eigenvalue weighted by Gasteiger charge is -2.19. The highest BCUT2D eigenvalue weighted by Crippen LogP contribution is 2.22. The average Bonchev–Trinajstić information content (AvgIpc) is 2.46. The van der Waals surface area contributed by atoms with E-state index in [1.807, 2.05) is 12.1 Å². The molecule has 0 atom stereocenters. The van der Waals surface area contributed by atoms with Crippen LogP contribution in [0.3, 0.4) is 0 Å². The summed E-state index contributed by atoms with van der Waals surface area (Å²) >= 11 is 0. The van der Waals surface area contributed by atoms with Gasteiger partial charge in [0.05, 0.1) is 6.42 Å². The van der Waals surface area contributed by atoms with E-state index in [0.29, 0.717) is 16.8 Å². The van der Waals surface area contributed by atoms with Crippen LogP contribution in [0.5, 0.6) is 0 Å². The summed E-state index contributed by atoms with van der Waals surface area (Å²) in [6.45, 7) is 6.36. The maximum absolute atomic E-state index is 12.3. The van der Waals surface area contributed by atoms with E-state index >= 15 is 0 Å². The third-order valence-corrected chi connectivity index (χ3v) is 3.55. The van der Waals surface area contributed by atoms with Crippen molar-refractivity contribution in [2.75, 3.05) is 5.32 Å². The summed E-state index contributed by atoms with van der Waals surface area (Å²) in [6, 6.07) is 14.4. The number of hydrogen-bond donors (Lipinski definition) is 2. The molecule has 0 fully saturated rings. The number of amides is 1. The average molecular weight is 311 g/mol. The number of carboxylic acids is 1. The molecule has 2 N–H and O–H groups in total. The lowest BCUT2D eigenvalue weighted by atomic mass is 9.87. The number of hydrogen-bond acceptors (Lipinski definition) is 2. The number of aliphatic carboxylic acids is 1. The summed E-state index contributed by atoms with van der Waals surface area (Å²) in [5, 5.41) is 11.6. The molecule has 0 aliphatic rings. The van der Waals surface area contributed by atoms with Gasteiger partial charge in [0, 0.05) is 11.3 Å². The molecule has 120 valence electrons. The maximum Gasteiger partial charge on any atom is 0.307 e. The van der Waals surface area contributed by atoms with Crippen LogP contribution in [0.25, 0.3) is 0 Å². The van der Waals surface area contributed by atoms with Crippen LogP contribution < -0.4 is 5.32 Å². The van der Waals surface area contributed by atoms with Gasteiger partial charge in [0.1, 0.15) is 0 Å². The Labute approximate surface area is 136 Å². The first-order valence-electron chi connectivity index (χ1n) is 7.48. The Hall–Kier alpha value is -2.62. The van der Waals surface area contributed by atoms with E-state index in [0.717, 1.165) is 5.56 Å². The molecule has 2 rings (SSSR count). The van der Waals surface area contributed by atoms with Crippen LogP contribution in [0, 0.1) is 0 Å². The molecular formula is C19H21NO3. The Morgan fingerprint density at radius 3 is 2.26 bits per heavy atom. The van der Waals surface area contributed by atoms with Gasteiger partial charge in [0.25, 0.3) is 5.91 Å². The third-order valence-electron chi connectivity index (χ3n) is 3.55. The second-order valence-electron chi connectivity index (χ2n) is 6.55. The largest absolute Gasteiger partial charge is 0.481 e. The van der Waals surface area contributed by atoms with Crippen LogP contribution >= 0.6 is 0 Å². The highest BCUT2D eigenvalue weighted by atomic mass is 16.4. The van der Waals surface area contributed by atoms with E-state index < -0.39 is 5.97 Å². The zero-order chi connectivity index (χ0) is 17.0. The lowest BCUT2D eigenvalue weighted by molar-refractivity contribution is -0.136. The molecule has 0 heterocycles. The van der Waals surface area contributed by atoms with Gasteiger partial charge in [-0.15, -0.1) is 0 Å². The zero-order valence-electron chi connectivity index (χ0n) is 13.6.